The molecule has 0 aliphatic heterocycles. The highest BCUT2D eigenvalue weighted by atomic mass is 16.7. The SMILES string of the molecule is CCCCNC(=O)C(C)n1cc(C(OCC)OCC)nn1. The summed E-state index contributed by atoms with van der Waals surface area (Å²) in [6.45, 7) is 9.37. The largest absolute Gasteiger partial charge is 0.354 e. The van der Waals surface area contributed by atoms with E-state index in [1.807, 2.05) is 13.8 Å². The highest BCUT2D eigenvalue weighted by Gasteiger charge is 2.20. The van der Waals surface area contributed by atoms with E-state index in [9.17, 15) is 4.79 Å². The number of hydrogen-bond acceptors (Lipinski definition) is 5. The number of unbranched alkanes of at least 4 members (excludes halogenated alkanes) is 1. The number of hydrogen-bond donors (Lipinski definition) is 1. The zero-order chi connectivity index (χ0) is 15.7. The van der Waals surface area contributed by atoms with E-state index in [0.717, 1.165) is 12.8 Å². The number of nitrogens with zero attached hydrogens (tertiary/aromatic N) is 3. The molecule has 120 valence electrons. The summed E-state index contributed by atoms with van der Waals surface area (Å²) < 4.78 is 12.5. The smallest absolute Gasteiger partial charge is 0.244 e. The molecule has 7 heteroatoms. The van der Waals surface area contributed by atoms with Crippen LogP contribution in [0.15, 0.2) is 6.20 Å². The first-order valence-corrected chi connectivity index (χ1v) is 7.56. The first kappa shape index (κ1) is 17.6. The summed E-state index contributed by atoms with van der Waals surface area (Å²) in [7, 11) is 0. The summed E-state index contributed by atoms with van der Waals surface area (Å²) in [5.74, 6) is -0.0655. The summed E-state index contributed by atoms with van der Waals surface area (Å²) in [6, 6.07) is -0.410. The van der Waals surface area contributed by atoms with E-state index in [0.29, 0.717) is 25.5 Å². The Labute approximate surface area is 126 Å². The molecule has 1 unspecified atom stereocenters. The maximum Gasteiger partial charge on any atom is 0.244 e. The molecule has 0 aliphatic carbocycles. The van der Waals surface area contributed by atoms with E-state index in [1.165, 1.54) is 4.68 Å². The van der Waals surface area contributed by atoms with Gasteiger partial charge in [-0.05, 0) is 27.2 Å². The van der Waals surface area contributed by atoms with E-state index < -0.39 is 12.3 Å². The molecule has 1 aromatic rings. The van der Waals surface area contributed by atoms with Crippen LogP contribution < -0.4 is 5.32 Å². The van der Waals surface area contributed by atoms with Crippen LogP contribution in [0.25, 0.3) is 0 Å². The van der Waals surface area contributed by atoms with Crippen molar-refractivity contribution in [1.29, 1.82) is 0 Å². The molecule has 1 N–H and O–H groups in total. The molecule has 1 rings (SSSR count). The van der Waals surface area contributed by atoms with Crippen molar-refractivity contribution in [3.8, 4) is 0 Å². The van der Waals surface area contributed by atoms with Crippen LogP contribution in [0.1, 0.15) is 58.6 Å². The van der Waals surface area contributed by atoms with Gasteiger partial charge in [-0.1, -0.05) is 18.6 Å². The van der Waals surface area contributed by atoms with E-state index in [2.05, 4.69) is 22.6 Å². The third kappa shape index (κ3) is 5.43. The number of nitrogens with one attached hydrogen (secondary N) is 1. The molecule has 0 radical (unpaired) electrons. The van der Waals surface area contributed by atoms with E-state index in [-0.39, 0.29) is 5.91 Å². The average Bonchev–Trinajstić information content (AvgIpc) is 2.96. The third-order valence-corrected chi connectivity index (χ3v) is 3.01. The Morgan fingerprint density at radius 2 is 2.00 bits per heavy atom. The van der Waals surface area contributed by atoms with Crippen molar-refractivity contribution in [3.63, 3.8) is 0 Å². The second-order valence-corrected chi connectivity index (χ2v) is 4.69. The van der Waals surface area contributed by atoms with Crippen LogP contribution in [-0.2, 0) is 14.3 Å². The zero-order valence-electron chi connectivity index (χ0n) is 13.3. The number of rotatable bonds is 10. The van der Waals surface area contributed by atoms with E-state index in [4.69, 9.17) is 9.47 Å². The van der Waals surface area contributed by atoms with Gasteiger partial charge in [0.15, 0.2) is 0 Å². The normalized spacial score (nSPS) is 12.6. The molecule has 0 saturated heterocycles. The van der Waals surface area contributed by atoms with Gasteiger partial charge in [0.05, 0.1) is 6.20 Å². The lowest BCUT2D eigenvalue weighted by molar-refractivity contribution is -0.142. The monoisotopic (exact) mass is 298 g/mol. The highest BCUT2D eigenvalue weighted by Crippen LogP contribution is 2.17. The number of amides is 1. The molecule has 0 fully saturated rings. The van der Waals surface area contributed by atoms with Gasteiger partial charge in [0.1, 0.15) is 11.7 Å². The van der Waals surface area contributed by atoms with Gasteiger partial charge in [-0.25, -0.2) is 4.68 Å². The Morgan fingerprint density at radius 1 is 1.33 bits per heavy atom. The van der Waals surface area contributed by atoms with Gasteiger partial charge in [0.2, 0.25) is 12.2 Å². The summed E-state index contributed by atoms with van der Waals surface area (Å²) in [5.41, 5.74) is 0.576. The molecule has 0 aliphatic rings. The third-order valence-electron chi connectivity index (χ3n) is 3.01. The Bertz CT molecular complexity index is 416. The van der Waals surface area contributed by atoms with E-state index in [1.54, 1.807) is 13.1 Å². The van der Waals surface area contributed by atoms with Crippen LogP contribution in [0.3, 0.4) is 0 Å². The van der Waals surface area contributed by atoms with Crippen molar-refractivity contribution in [2.75, 3.05) is 19.8 Å². The topological polar surface area (TPSA) is 78.3 Å². The molecule has 0 spiro atoms. The minimum Gasteiger partial charge on any atom is -0.354 e. The molecule has 0 saturated carbocycles. The van der Waals surface area contributed by atoms with Gasteiger partial charge < -0.3 is 14.8 Å². The standard InChI is InChI=1S/C14H26N4O3/c1-5-8-9-15-13(19)11(4)18-10-12(16-17-18)14(20-6-2)21-7-3/h10-11,14H,5-9H2,1-4H3,(H,15,19). The van der Waals surface area contributed by atoms with Crippen LogP contribution in [0.2, 0.25) is 0 Å². The number of carbonyl (C=O) groups excluding carboxylic acids is 1. The van der Waals surface area contributed by atoms with Crippen molar-refractivity contribution < 1.29 is 14.3 Å². The summed E-state index contributed by atoms with van der Waals surface area (Å²) in [5, 5.41) is 10.9. The molecular formula is C14H26N4O3. The van der Waals surface area contributed by atoms with Crippen LogP contribution >= 0.6 is 0 Å². The molecule has 7 nitrogen and oxygen atoms in total. The minimum absolute atomic E-state index is 0.0655. The van der Waals surface area contributed by atoms with Crippen molar-refractivity contribution in [3.05, 3.63) is 11.9 Å². The predicted molar refractivity (Wildman–Crippen MR) is 78.6 cm³/mol. The molecule has 1 amide bonds. The quantitative estimate of drug-likeness (QED) is 0.526. The molecule has 0 aromatic carbocycles. The minimum atomic E-state index is -0.538. The second kappa shape index (κ2) is 9.46. The Hall–Kier alpha value is -1.47. The van der Waals surface area contributed by atoms with Gasteiger partial charge in [0.25, 0.3) is 0 Å². The van der Waals surface area contributed by atoms with Crippen molar-refractivity contribution in [1.82, 2.24) is 20.3 Å². The molecule has 1 aromatic heterocycles. The van der Waals surface area contributed by atoms with Crippen LogP contribution in [0, 0.1) is 0 Å². The fourth-order valence-corrected chi connectivity index (χ4v) is 1.77. The van der Waals surface area contributed by atoms with Crippen molar-refractivity contribution >= 4 is 5.91 Å². The zero-order valence-corrected chi connectivity index (χ0v) is 13.3. The van der Waals surface area contributed by atoms with Crippen molar-refractivity contribution in [2.24, 2.45) is 0 Å². The fourth-order valence-electron chi connectivity index (χ4n) is 1.77. The lowest BCUT2D eigenvalue weighted by Crippen LogP contribution is -2.32. The predicted octanol–water partition coefficient (Wildman–Crippen LogP) is 1.83. The first-order chi connectivity index (χ1) is 10.1. The van der Waals surface area contributed by atoms with Crippen LogP contribution in [0.4, 0.5) is 0 Å². The number of ether oxygens (including phenoxy) is 2. The Kier molecular flexibility index (Phi) is 7.92. The van der Waals surface area contributed by atoms with Crippen LogP contribution in [0.5, 0.6) is 0 Å². The maximum atomic E-state index is 12.0. The summed E-state index contributed by atoms with van der Waals surface area (Å²) in [4.78, 5) is 12.0. The van der Waals surface area contributed by atoms with Crippen molar-refractivity contribution in [2.45, 2.75) is 52.9 Å². The van der Waals surface area contributed by atoms with Gasteiger partial charge in [-0.15, -0.1) is 5.10 Å². The van der Waals surface area contributed by atoms with Gasteiger partial charge >= 0.3 is 0 Å². The Balaban J connectivity index is 2.65. The highest BCUT2D eigenvalue weighted by molar-refractivity contribution is 5.79. The van der Waals surface area contributed by atoms with Gasteiger partial charge in [0, 0.05) is 19.8 Å². The number of carbonyl (C=O) groups is 1. The van der Waals surface area contributed by atoms with Crippen LogP contribution in [-0.4, -0.2) is 40.7 Å². The maximum absolute atomic E-state index is 12.0. The lowest BCUT2D eigenvalue weighted by atomic mass is 10.3. The molecule has 1 atom stereocenters. The Morgan fingerprint density at radius 3 is 2.57 bits per heavy atom. The average molecular weight is 298 g/mol. The molecule has 1 heterocycles. The summed E-state index contributed by atoms with van der Waals surface area (Å²) >= 11 is 0. The fraction of sp³-hybridized carbons (Fsp3) is 0.786. The lowest BCUT2D eigenvalue weighted by Gasteiger charge is -2.14. The van der Waals surface area contributed by atoms with Gasteiger partial charge in [-0.3, -0.25) is 4.79 Å². The molecular weight excluding hydrogens is 272 g/mol. The molecule has 21 heavy (non-hydrogen) atoms. The van der Waals surface area contributed by atoms with E-state index >= 15 is 0 Å². The molecule has 0 bridgehead atoms. The number of aromatic nitrogens is 3. The first-order valence-electron chi connectivity index (χ1n) is 7.56. The second-order valence-electron chi connectivity index (χ2n) is 4.69. The van der Waals surface area contributed by atoms with Gasteiger partial charge in [-0.2, -0.15) is 0 Å². The summed E-state index contributed by atoms with van der Waals surface area (Å²) in [6.07, 6.45) is 3.17.